The van der Waals surface area contributed by atoms with Crippen LogP contribution in [0.1, 0.15) is 22.8 Å². The third-order valence-corrected chi connectivity index (χ3v) is 3.61. The Bertz CT molecular complexity index is 668. The molecule has 1 unspecified atom stereocenters. The predicted octanol–water partition coefficient (Wildman–Crippen LogP) is 3.84. The molecular formula is C18H18ClNO2. The van der Waals surface area contributed by atoms with Crippen LogP contribution in [0.25, 0.3) is 0 Å². The number of ketones is 1. The Morgan fingerprint density at radius 3 is 2.23 bits per heavy atom. The van der Waals surface area contributed by atoms with Gasteiger partial charge in [-0.1, -0.05) is 42.5 Å². The fourth-order valence-corrected chi connectivity index (χ4v) is 2.35. The van der Waals surface area contributed by atoms with Crippen LogP contribution < -0.4 is 4.90 Å². The Morgan fingerprint density at radius 1 is 1.05 bits per heavy atom. The van der Waals surface area contributed by atoms with E-state index in [9.17, 15) is 9.59 Å². The van der Waals surface area contributed by atoms with Crippen molar-refractivity contribution < 1.29 is 9.59 Å². The number of alkyl halides is 1. The number of carbonyl (C=O) groups excluding carboxylic acids is 2. The average Bonchev–Trinajstić information content (AvgIpc) is 2.53. The molecule has 0 N–H and O–H groups in total. The number of Topliss-reactive ketones (excluding diaryl/α,β-unsaturated/α-hetero) is 1. The minimum atomic E-state index is -0.690. The largest absolute Gasteiger partial charge is 0.303 e. The maximum absolute atomic E-state index is 12.5. The molecule has 3 nitrogen and oxygen atoms in total. The number of nitrogens with zero attached hydrogens (tertiary/aromatic N) is 1. The molecule has 0 spiro atoms. The summed E-state index contributed by atoms with van der Waals surface area (Å²) < 4.78 is 0. The molecule has 1 atom stereocenters. The minimum Gasteiger partial charge on any atom is -0.303 e. The number of amides is 1. The molecule has 0 heterocycles. The summed E-state index contributed by atoms with van der Waals surface area (Å²) in [5.74, 6) is -0.387. The maximum Gasteiger partial charge on any atom is 0.245 e. The lowest BCUT2D eigenvalue weighted by Crippen LogP contribution is -2.39. The van der Waals surface area contributed by atoms with E-state index in [1.165, 1.54) is 4.90 Å². The average molecular weight is 316 g/mol. The van der Waals surface area contributed by atoms with Crippen molar-refractivity contribution in [2.75, 3.05) is 11.4 Å². The van der Waals surface area contributed by atoms with Crippen molar-refractivity contribution in [3.63, 3.8) is 0 Å². The van der Waals surface area contributed by atoms with Crippen molar-refractivity contribution in [3.8, 4) is 0 Å². The van der Waals surface area contributed by atoms with Crippen molar-refractivity contribution in [2.24, 2.45) is 0 Å². The fraction of sp³-hybridized carbons (Fsp3) is 0.222. The van der Waals surface area contributed by atoms with Gasteiger partial charge in [-0.25, -0.2) is 0 Å². The number of halogens is 1. The number of aryl methyl sites for hydroxylation is 1. The van der Waals surface area contributed by atoms with Gasteiger partial charge in [0.2, 0.25) is 5.91 Å². The van der Waals surface area contributed by atoms with E-state index >= 15 is 0 Å². The summed E-state index contributed by atoms with van der Waals surface area (Å²) in [6.07, 6.45) is 0. The SMILES string of the molecule is Cc1ccccc1C(=O)CN(C(=O)C(C)Cl)c1ccccc1. The normalized spacial score (nSPS) is 11.8. The molecule has 2 aromatic rings. The summed E-state index contributed by atoms with van der Waals surface area (Å²) in [5.41, 5.74) is 2.19. The first kappa shape index (κ1) is 16.2. The number of benzene rings is 2. The highest BCUT2D eigenvalue weighted by molar-refractivity contribution is 6.33. The molecule has 114 valence electrons. The zero-order valence-corrected chi connectivity index (χ0v) is 13.4. The first-order valence-corrected chi connectivity index (χ1v) is 7.53. The predicted molar refractivity (Wildman–Crippen MR) is 89.6 cm³/mol. The summed E-state index contributed by atoms with van der Waals surface area (Å²) >= 11 is 5.93. The first-order valence-electron chi connectivity index (χ1n) is 7.10. The Balaban J connectivity index is 2.29. The lowest BCUT2D eigenvalue weighted by atomic mass is 10.0. The highest BCUT2D eigenvalue weighted by Crippen LogP contribution is 2.18. The molecular weight excluding hydrogens is 298 g/mol. The summed E-state index contributed by atoms with van der Waals surface area (Å²) in [6, 6.07) is 16.5. The van der Waals surface area contributed by atoms with Crippen molar-refractivity contribution in [2.45, 2.75) is 19.2 Å². The van der Waals surface area contributed by atoms with Gasteiger partial charge < -0.3 is 4.90 Å². The van der Waals surface area contributed by atoms with Gasteiger partial charge >= 0.3 is 0 Å². The van der Waals surface area contributed by atoms with Crippen LogP contribution in [0.15, 0.2) is 54.6 Å². The third-order valence-electron chi connectivity index (χ3n) is 3.42. The first-order chi connectivity index (χ1) is 10.5. The second-order valence-electron chi connectivity index (χ2n) is 5.11. The zero-order valence-electron chi connectivity index (χ0n) is 12.6. The van der Waals surface area contributed by atoms with Gasteiger partial charge in [0, 0.05) is 11.3 Å². The van der Waals surface area contributed by atoms with Crippen molar-refractivity contribution in [1.82, 2.24) is 0 Å². The molecule has 0 fully saturated rings. The smallest absolute Gasteiger partial charge is 0.245 e. The highest BCUT2D eigenvalue weighted by Gasteiger charge is 2.23. The van der Waals surface area contributed by atoms with Crippen LogP contribution in [0.4, 0.5) is 5.69 Å². The number of anilines is 1. The molecule has 0 saturated carbocycles. The number of hydrogen-bond acceptors (Lipinski definition) is 2. The maximum atomic E-state index is 12.5. The fourth-order valence-electron chi connectivity index (χ4n) is 2.23. The van der Waals surface area contributed by atoms with Gasteiger partial charge in [0.1, 0.15) is 5.38 Å². The number of rotatable bonds is 5. The van der Waals surface area contributed by atoms with Gasteiger partial charge in [0.25, 0.3) is 0 Å². The summed E-state index contributed by atoms with van der Waals surface area (Å²) in [5, 5.41) is -0.690. The van der Waals surface area contributed by atoms with Crippen LogP contribution in [0.2, 0.25) is 0 Å². The standard InChI is InChI=1S/C18H18ClNO2/c1-13-8-6-7-11-16(13)17(21)12-20(18(22)14(2)19)15-9-4-3-5-10-15/h3-11,14H,12H2,1-2H3. The quantitative estimate of drug-likeness (QED) is 0.621. The molecule has 0 saturated heterocycles. The number of hydrogen-bond donors (Lipinski definition) is 0. The molecule has 2 aromatic carbocycles. The molecule has 0 aromatic heterocycles. The molecule has 0 radical (unpaired) electrons. The topological polar surface area (TPSA) is 37.4 Å². The lowest BCUT2D eigenvalue weighted by Gasteiger charge is -2.23. The van der Waals surface area contributed by atoms with E-state index in [0.717, 1.165) is 5.56 Å². The molecule has 0 bridgehead atoms. The van der Waals surface area contributed by atoms with Crippen LogP contribution in [0.3, 0.4) is 0 Å². The van der Waals surface area contributed by atoms with E-state index < -0.39 is 5.38 Å². The van der Waals surface area contributed by atoms with Gasteiger partial charge in [0.05, 0.1) is 6.54 Å². The van der Waals surface area contributed by atoms with Crippen LogP contribution in [0.5, 0.6) is 0 Å². The minimum absolute atomic E-state index is 0.0231. The molecule has 0 aliphatic carbocycles. The second-order valence-corrected chi connectivity index (χ2v) is 5.77. The van der Waals surface area contributed by atoms with E-state index in [0.29, 0.717) is 11.3 Å². The van der Waals surface area contributed by atoms with Crippen LogP contribution >= 0.6 is 11.6 Å². The van der Waals surface area contributed by atoms with Gasteiger partial charge in [-0.15, -0.1) is 11.6 Å². The third kappa shape index (κ3) is 3.74. The van der Waals surface area contributed by atoms with Gasteiger partial charge in [-0.2, -0.15) is 0 Å². The van der Waals surface area contributed by atoms with E-state index in [4.69, 9.17) is 11.6 Å². The molecule has 1 amide bonds. The summed E-state index contributed by atoms with van der Waals surface area (Å²) in [6.45, 7) is 3.47. The van der Waals surface area contributed by atoms with Crippen molar-refractivity contribution in [1.29, 1.82) is 0 Å². The van der Waals surface area contributed by atoms with Crippen LogP contribution in [-0.2, 0) is 4.79 Å². The molecule has 22 heavy (non-hydrogen) atoms. The van der Waals surface area contributed by atoms with E-state index in [1.807, 2.05) is 43.3 Å². The number of para-hydroxylation sites is 1. The van der Waals surface area contributed by atoms with E-state index in [-0.39, 0.29) is 18.2 Å². The molecule has 0 aliphatic heterocycles. The van der Waals surface area contributed by atoms with Gasteiger partial charge in [-0.05, 0) is 31.5 Å². The Hall–Kier alpha value is -2.13. The number of carbonyl (C=O) groups is 2. The van der Waals surface area contributed by atoms with Crippen LogP contribution in [-0.4, -0.2) is 23.6 Å². The Kier molecular flexibility index (Phi) is 5.34. The van der Waals surface area contributed by atoms with E-state index in [1.54, 1.807) is 25.1 Å². The van der Waals surface area contributed by atoms with Gasteiger partial charge in [0.15, 0.2) is 5.78 Å². The molecule has 2 rings (SSSR count). The van der Waals surface area contributed by atoms with Crippen molar-refractivity contribution >= 4 is 29.0 Å². The summed E-state index contributed by atoms with van der Waals surface area (Å²) in [7, 11) is 0. The molecule has 0 aliphatic rings. The van der Waals surface area contributed by atoms with Crippen molar-refractivity contribution in [3.05, 3.63) is 65.7 Å². The second kappa shape index (κ2) is 7.23. The highest BCUT2D eigenvalue weighted by atomic mass is 35.5. The van der Waals surface area contributed by atoms with E-state index in [2.05, 4.69) is 0 Å². The zero-order chi connectivity index (χ0) is 16.1. The lowest BCUT2D eigenvalue weighted by molar-refractivity contribution is -0.117. The van der Waals surface area contributed by atoms with Gasteiger partial charge in [-0.3, -0.25) is 9.59 Å². The Labute approximate surface area is 135 Å². The Morgan fingerprint density at radius 2 is 1.64 bits per heavy atom. The molecule has 4 heteroatoms. The monoisotopic (exact) mass is 315 g/mol. The summed E-state index contributed by atoms with van der Waals surface area (Å²) in [4.78, 5) is 26.3. The van der Waals surface area contributed by atoms with Crippen LogP contribution in [0, 0.1) is 6.92 Å².